The largest absolute Gasteiger partial charge is 0.377 e. The topological polar surface area (TPSA) is 24.5 Å². The number of nitrogens with one attached hydrogen (secondary N) is 1. The summed E-state index contributed by atoms with van der Waals surface area (Å²) in [5, 5.41) is 3.59. The van der Waals surface area contributed by atoms with E-state index >= 15 is 0 Å². The Labute approximate surface area is 122 Å². The summed E-state index contributed by atoms with van der Waals surface area (Å²) in [7, 11) is 0. The highest BCUT2D eigenvalue weighted by atomic mass is 16.5. The molecule has 2 unspecified atom stereocenters. The molecule has 0 aromatic heterocycles. The van der Waals surface area contributed by atoms with Crippen LogP contribution in [0.3, 0.4) is 0 Å². The maximum Gasteiger partial charge on any atom is 0.0702 e. The Morgan fingerprint density at radius 2 is 2.10 bits per heavy atom. The second kappa shape index (κ2) is 7.21. The van der Waals surface area contributed by atoms with E-state index in [4.69, 9.17) is 4.74 Å². The zero-order valence-electron chi connectivity index (χ0n) is 12.3. The third-order valence-electron chi connectivity index (χ3n) is 4.47. The number of rotatable bonds is 4. The van der Waals surface area contributed by atoms with Crippen LogP contribution >= 0.6 is 0 Å². The summed E-state index contributed by atoms with van der Waals surface area (Å²) in [6.07, 6.45) is 5.33. The van der Waals surface area contributed by atoms with Gasteiger partial charge in [-0.3, -0.25) is 4.90 Å². The van der Waals surface area contributed by atoms with Crippen LogP contribution in [0.2, 0.25) is 0 Å². The molecule has 2 aliphatic rings. The van der Waals surface area contributed by atoms with E-state index in [0.29, 0.717) is 12.1 Å². The number of hydrogen-bond acceptors (Lipinski definition) is 3. The molecular weight excluding hydrogens is 248 g/mol. The van der Waals surface area contributed by atoms with Crippen molar-refractivity contribution in [1.29, 1.82) is 0 Å². The normalized spacial score (nSPS) is 28.4. The Hall–Kier alpha value is -0.900. The van der Waals surface area contributed by atoms with Crippen molar-refractivity contribution in [2.24, 2.45) is 0 Å². The molecule has 0 saturated carbocycles. The first-order chi connectivity index (χ1) is 9.92. The molecule has 0 amide bonds. The Morgan fingerprint density at radius 3 is 2.90 bits per heavy atom. The monoisotopic (exact) mass is 274 g/mol. The lowest BCUT2D eigenvalue weighted by molar-refractivity contribution is 0.0598. The van der Waals surface area contributed by atoms with Crippen molar-refractivity contribution in [3.05, 3.63) is 35.9 Å². The average molecular weight is 274 g/mol. The van der Waals surface area contributed by atoms with Gasteiger partial charge in [0, 0.05) is 25.7 Å². The molecule has 1 N–H and O–H groups in total. The van der Waals surface area contributed by atoms with Gasteiger partial charge in [0.25, 0.3) is 0 Å². The first-order valence-corrected chi connectivity index (χ1v) is 8.02. The Kier molecular flexibility index (Phi) is 5.06. The second-order valence-corrected chi connectivity index (χ2v) is 6.03. The molecule has 20 heavy (non-hydrogen) atoms. The summed E-state index contributed by atoms with van der Waals surface area (Å²) in [5.74, 6) is 0. The second-order valence-electron chi connectivity index (χ2n) is 6.03. The lowest BCUT2D eigenvalue weighted by Crippen LogP contribution is -2.44. The van der Waals surface area contributed by atoms with Gasteiger partial charge in [0.15, 0.2) is 0 Å². The van der Waals surface area contributed by atoms with Crippen LogP contribution < -0.4 is 5.32 Å². The third kappa shape index (κ3) is 3.81. The molecule has 2 aliphatic heterocycles. The highest BCUT2D eigenvalue weighted by Crippen LogP contribution is 2.17. The van der Waals surface area contributed by atoms with Crippen molar-refractivity contribution >= 4 is 0 Å². The van der Waals surface area contributed by atoms with Gasteiger partial charge in [-0.05, 0) is 44.3 Å². The Bertz CT molecular complexity index is 389. The van der Waals surface area contributed by atoms with Gasteiger partial charge in [0.2, 0.25) is 0 Å². The van der Waals surface area contributed by atoms with Crippen molar-refractivity contribution in [2.45, 2.75) is 37.8 Å². The van der Waals surface area contributed by atoms with Crippen LogP contribution in [0.15, 0.2) is 30.3 Å². The van der Waals surface area contributed by atoms with Gasteiger partial charge in [0.05, 0.1) is 6.10 Å². The van der Waals surface area contributed by atoms with Gasteiger partial charge in [-0.2, -0.15) is 0 Å². The molecule has 0 radical (unpaired) electrons. The van der Waals surface area contributed by atoms with Crippen molar-refractivity contribution in [1.82, 2.24) is 10.2 Å². The summed E-state index contributed by atoms with van der Waals surface area (Å²) >= 11 is 0. The van der Waals surface area contributed by atoms with Crippen molar-refractivity contribution in [3.63, 3.8) is 0 Å². The molecule has 2 atom stereocenters. The predicted octanol–water partition coefficient (Wildman–Crippen LogP) is 2.07. The van der Waals surface area contributed by atoms with E-state index in [2.05, 4.69) is 40.5 Å². The van der Waals surface area contributed by atoms with Crippen molar-refractivity contribution in [2.75, 3.05) is 32.8 Å². The molecule has 3 heteroatoms. The Balaban J connectivity index is 1.63. The lowest BCUT2D eigenvalue weighted by Gasteiger charge is -2.31. The summed E-state index contributed by atoms with van der Waals surface area (Å²) in [4.78, 5) is 2.66. The molecule has 1 aromatic carbocycles. The van der Waals surface area contributed by atoms with E-state index in [1.807, 2.05) is 0 Å². The lowest BCUT2D eigenvalue weighted by atomic mass is 10.0. The van der Waals surface area contributed by atoms with Crippen LogP contribution in [0.4, 0.5) is 0 Å². The summed E-state index contributed by atoms with van der Waals surface area (Å²) in [5.41, 5.74) is 1.44. The van der Waals surface area contributed by atoms with Crippen LogP contribution in [0.25, 0.3) is 0 Å². The fourth-order valence-electron chi connectivity index (χ4n) is 3.37. The molecule has 2 heterocycles. The minimum atomic E-state index is 0.464. The fraction of sp³-hybridized carbons (Fsp3) is 0.647. The van der Waals surface area contributed by atoms with E-state index in [1.165, 1.54) is 31.4 Å². The van der Waals surface area contributed by atoms with Crippen molar-refractivity contribution < 1.29 is 4.74 Å². The minimum absolute atomic E-state index is 0.464. The third-order valence-corrected chi connectivity index (χ3v) is 4.47. The molecule has 2 saturated heterocycles. The molecule has 1 aromatic rings. The van der Waals surface area contributed by atoms with Crippen LogP contribution in [0.1, 0.15) is 24.8 Å². The minimum Gasteiger partial charge on any atom is -0.377 e. The number of benzene rings is 1. The number of ether oxygens (including phenoxy) is 1. The molecular formula is C17H26N2O. The summed E-state index contributed by atoms with van der Waals surface area (Å²) < 4.78 is 5.83. The zero-order valence-corrected chi connectivity index (χ0v) is 12.3. The van der Waals surface area contributed by atoms with E-state index in [1.54, 1.807) is 0 Å². The summed E-state index contributed by atoms with van der Waals surface area (Å²) in [6.45, 7) is 5.51. The van der Waals surface area contributed by atoms with Gasteiger partial charge in [0.1, 0.15) is 0 Å². The first-order valence-electron chi connectivity index (χ1n) is 8.02. The smallest absolute Gasteiger partial charge is 0.0702 e. The molecule has 110 valence electrons. The molecule has 0 spiro atoms. The summed E-state index contributed by atoms with van der Waals surface area (Å²) in [6, 6.07) is 11.5. The highest BCUT2D eigenvalue weighted by Gasteiger charge is 2.25. The molecule has 2 fully saturated rings. The number of nitrogens with zero attached hydrogens (tertiary/aromatic N) is 1. The van der Waals surface area contributed by atoms with Gasteiger partial charge in [-0.15, -0.1) is 0 Å². The maximum absolute atomic E-state index is 5.83. The SMILES string of the molecule is c1ccc(CC2CNCCCN2CC2CCCO2)cc1. The van der Waals surface area contributed by atoms with E-state index in [9.17, 15) is 0 Å². The quantitative estimate of drug-likeness (QED) is 0.910. The average Bonchev–Trinajstić information content (AvgIpc) is 2.89. The predicted molar refractivity (Wildman–Crippen MR) is 82.0 cm³/mol. The van der Waals surface area contributed by atoms with Crippen LogP contribution in [0.5, 0.6) is 0 Å². The van der Waals surface area contributed by atoms with E-state index in [-0.39, 0.29) is 0 Å². The zero-order chi connectivity index (χ0) is 13.6. The first kappa shape index (κ1) is 14.1. The molecule has 0 bridgehead atoms. The van der Waals surface area contributed by atoms with Crippen LogP contribution in [-0.2, 0) is 11.2 Å². The van der Waals surface area contributed by atoms with Gasteiger partial charge >= 0.3 is 0 Å². The maximum atomic E-state index is 5.83. The van der Waals surface area contributed by atoms with Crippen LogP contribution in [0, 0.1) is 0 Å². The standard InChI is InChI=1S/C17H26N2O/c1-2-6-15(7-3-1)12-16-13-18-9-5-10-19(16)14-17-8-4-11-20-17/h1-3,6-7,16-18H,4-5,8-14H2. The fourth-order valence-corrected chi connectivity index (χ4v) is 3.37. The van der Waals surface area contributed by atoms with Gasteiger partial charge < -0.3 is 10.1 Å². The Morgan fingerprint density at radius 1 is 1.20 bits per heavy atom. The van der Waals surface area contributed by atoms with E-state index in [0.717, 1.165) is 32.7 Å². The number of hydrogen-bond donors (Lipinski definition) is 1. The molecule has 3 nitrogen and oxygen atoms in total. The van der Waals surface area contributed by atoms with E-state index < -0.39 is 0 Å². The van der Waals surface area contributed by atoms with Crippen molar-refractivity contribution in [3.8, 4) is 0 Å². The molecule has 0 aliphatic carbocycles. The highest BCUT2D eigenvalue weighted by molar-refractivity contribution is 5.16. The van der Waals surface area contributed by atoms with Gasteiger partial charge in [-0.25, -0.2) is 0 Å². The van der Waals surface area contributed by atoms with Crippen LogP contribution in [-0.4, -0.2) is 49.8 Å². The van der Waals surface area contributed by atoms with Gasteiger partial charge in [-0.1, -0.05) is 30.3 Å². The molecule has 3 rings (SSSR count).